The molecule has 2 aromatic carbocycles. The smallest absolute Gasteiger partial charge is 0.232 e. The Morgan fingerprint density at radius 2 is 1.93 bits per heavy atom. The molecule has 1 unspecified atom stereocenters. The summed E-state index contributed by atoms with van der Waals surface area (Å²) in [5, 5.41) is 2.79. The maximum Gasteiger partial charge on any atom is 0.232 e. The molecule has 0 saturated heterocycles. The van der Waals surface area contributed by atoms with Gasteiger partial charge in [0.15, 0.2) is 0 Å². The Kier molecular flexibility index (Phi) is 6.82. The molecule has 1 aromatic heterocycles. The number of rotatable bonds is 8. The number of ether oxygens (including phenoxy) is 1. The molecule has 6 nitrogen and oxygen atoms in total. The van der Waals surface area contributed by atoms with E-state index < -0.39 is 10.8 Å². The first-order chi connectivity index (χ1) is 13.9. The first-order valence-corrected chi connectivity index (χ1v) is 10.7. The number of benzene rings is 2. The summed E-state index contributed by atoms with van der Waals surface area (Å²) >= 11 is 0. The number of aryl methyl sites for hydroxylation is 2. The number of aromatic nitrogens is 1. The van der Waals surface area contributed by atoms with Crippen molar-refractivity contribution in [3.05, 3.63) is 71.1 Å². The molecule has 0 bridgehead atoms. The summed E-state index contributed by atoms with van der Waals surface area (Å²) in [4.78, 5) is 16.6. The predicted octanol–water partition coefficient (Wildman–Crippen LogP) is 3.53. The lowest BCUT2D eigenvalue weighted by molar-refractivity contribution is -0.118. The van der Waals surface area contributed by atoms with Gasteiger partial charge in [0.1, 0.15) is 17.3 Å². The molecule has 0 aliphatic rings. The fraction of sp³-hybridized carbons (Fsp3) is 0.273. The van der Waals surface area contributed by atoms with Gasteiger partial charge in [-0.05, 0) is 43.7 Å². The summed E-state index contributed by atoms with van der Waals surface area (Å²) in [5.74, 6) is 1.71. The van der Waals surface area contributed by atoms with Crippen molar-refractivity contribution in [2.75, 3.05) is 12.9 Å². The van der Waals surface area contributed by atoms with E-state index in [4.69, 9.17) is 9.15 Å². The number of methoxy groups -OCH3 is 1. The molecule has 3 rings (SSSR count). The molecule has 0 aliphatic heterocycles. The number of carbonyl (C=O) groups excluding carboxylic acids is 1. The summed E-state index contributed by atoms with van der Waals surface area (Å²) in [7, 11) is 0.227. The van der Waals surface area contributed by atoms with Gasteiger partial charge in [-0.3, -0.25) is 9.00 Å². The van der Waals surface area contributed by atoms with Crippen LogP contribution >= 0.6 is 0 Å². The summed E-state index contributed by atoms with van der Waals surface area (Å²) in [6, 6.07) is 15.3. The van der Waals surface area contributed by atoms with Gasteiger partial charge in [0.2, 0.25) is 11.8 Å². The number of hydrogen-bond acceptors (Lipinski definition) is 5. The quantitative estimate of drug-likeness (QED) is 0.612. The van der Waals surface area contributed by atoms with Crippen molar-refractivity contribution in [2.24, 2.45) is 0 Å². The van der Waals surface area contributed by atoms with Gasteiger partial charge in [0.25, 0.3) is 0 Å². The zero-order valence-corrected chi connectivity index (χ0v) is 17.5. The van der Waals surface area contributed by atoms with Gasteiger partial charge in [-0.25, -0.2) is 4.98 Å². The minimum Gasteiger partial charge on any atom is -0.497 e. The van der Waals surface area contributed by atoms with Gasteiger partial charge in [0.05, 0.1) is 18.6 Å². The Morgan fingerprint density at radius 1 is 1.17 bits per heavy atom. The van der Waals surface area contributed by atoms with E-state index in [2.05, 4.69) is 10.3 Å². The second kappa shape index (κ2) is 9.52. The van der Waals surface area contributed by atoms with E-state index in [1.807, 2.05) is 55.5 Å². The molecular weight excluding hydrogens is 388 g/mol. The number of amides is 1. The van der Waals surface area contributed by atoms with Crippen molar-refractivity contribution in [2.45, 2.75) is 26.1 Å². The van der Waals surface area contributed by atoms with Crippen LogP contribution in [0.15, 0.2) is 52.9 Å². The number of oxazole rings is 1. The second-order valence-corrected chi connectivity index (χ2v) is 8.20. The molecule has 152 valence electrons. The van der Waals surface area contributed by atoms with E-state index >= 15 is 0 Å². The largest absolute Gasteiger partial charge is 0.497 e. The summed E-state index contributed by atoms with van der Waals surface area (Å²) < 4.78 is 23.3. The van der Waals surface area contributed by atoms with Crippen LogP contribution in [0.2, 0.25) is 0 Å². The van der Waals surface area contributed by atoms with Crippen LogP contribution in [-0.4, -0.2) is 28.0 Å². The minimum atomic E-state index is -1.38. The lowest BCUT2D eigenvalue weighted by atomic mass is 10.1. The summed E-state index contributed by atoms with van der Waals surface area (Å²) in [6.45, 7) is 4.17. The third-order valence-electron chi connectivity index (χ3n) is 4.40. The Bertz CT molecular complexity index is 1010. The number of nitrogens with zero attached hydrogens (tertiary/aromatic N) is 1. The molecule has 1 atom stereocenters. The van der Waals surface area contributed by atoms with Crippen LogP contribution in [0.25, 0.3) is 11.5 Å². The molecule has 0 fully saturated rings. The summed E-state index contributed by atoms with van der Waals surface area (Å²) in [6.07, 6.45) is 0. The van der Waals surface area contributed by atoms with Gasteiger partial charge in [-0.15, -0.1) is 0 Å². The molecule has 0 saturated carbocycles. The zero-order valence-electron chi connectivity index (χ0n) is 16.7. The average molecular weight is 413 g/mol. The third kappa shape index (κ3) is 5.77. The van der Waals surface area contributed by atoms with E-state index in [-0.39, 0.29) is 17.4 Å². The van der Waals surface area contributed by atoms with Crippen LogP contribution in [0, 0.1) is 13.8 Å². The van der Waals surface area contributed by atoms with Gasteiger partial charge in [-0.1, -0.05) is 29.8 Å². The Morgan fingerprint density at radius 3 is 2.62 bits per heavy atom. The van der Waals surface area contributed by atoms with E-state index in [9.17, 15) is 9.00 Å². The fourth-order valence-corrected chi connectivity index (χ4v) is 3.88. The lowest BCUT2D eigenvalue weighted by Crippen LogP contribution is -2.28. The van der Waals surface area contributed by atoms with E-state index in [0.717, 1.165) is 22.4 Å². The Balaban J connectivity index is 1.54. The normalized spacial score (nSPS) is 11.8. The van der Waals surface area contributed by atoms with Crippen molar-refractivity contribution in [3.63, 3.8) is 0 Å². The van der Waals surface area contributed by atoms with Gasteiger partial charge >= 0.3 is 0 Å². The second-order valence-electron chi connectivity index (χ2n) is 6.74. The highest BCUT2D eigenvalue weighted by molar-refractivity contribution is 7.84. The van der Waals surface area contributed by atoms with Gasteiger partial charge in [-0.2, -0.15) is 0 Å². The van der Waals surface area contributed by atoms with Crippen molar-refractivity contribution in [1.29, 1.82) is 0 Å². The summed E-state index contributed by atoms with van der Waals surface area (Å²) in [5.41, 5.74) is 3.54. The van der Waals surface area contributed by atoms with Crippen LogP contribution < -0.4 is 10.1 Å². The molecule has 1 N–H and O–H groups in total. The predicted molar refractivity (Wildman–Crippen MR) is 113 cm³/mol. The molecule has 7 heteroatoms. The highest BCUT2D eigenvalue weighted by atomic mass is 32.2. The maximum atomic E-state index is 12.4. The minimum absolute atomic E-state index is 0.0811. The van der Waals surface area contributed by atoms with Crippen LogP contribution in [0.3, 0.4) is 0 Å². The highest BCUT2D eigenvalue weighted by Gasteiger charge is 2.16. The molecule has 1 amide bonds. The van der Waals surface area contributed by atoms with E-state index in [0.29, 0.717) is 23.9 Å². The van der Waals surface area contributed by atoms with Crippen LogP contribution in [0.5, 0.6) is 5.75 Å². The van der Waals surface area contributed by atoms with Crippen molar-refractivity contribution in [1.82, 2.24) is 10.3 Å². The average Bonchev–Trinajstić information content (AvgIpc) is 3.07. The number of carbonyl (C=O) groups is 1. The SMILES string of the molecule is COc1ccc(CNC(=O)CS(=O)Cc2nc(-c3cccc(C)c3)oc2C)cc1. The van der Waals surface area contributed by atoms with Crippen LogP contribution in [0.1, 0.15) is 22.6 Å². The van der Waals surface area contributed by atoms with E-state index in [1.165, 1.54) is 0 Å². The third-order valence-corrected chi connectivity index (χ3v) is 5.58. The Hall–Kier alpha value is -2.93. The highest BCUT2D eigenvalue weighted by Crippen LogP contribution is 2.23. The van der Waals surface area contributed by atoms with Crippen LogP contribution in [-0.2, 0) is 27.9 Å². The zero-order chi connectivity index (χ0) is 20.8. The molecule has 0 aliphatic carbocycles. The van der Waals surface area contributed by atoms with Crippen molar-refractivity contribution >= 4 is 16.7 Å². The molecular formula is C22H24N2O4S. The number of hydrogen-bond donors (Lipinski definition) is 1. The molecule has 0 radical (unpaired) electrons. The molecule has 29 heavy (non-hydrogen) atoms. The maximum absolute atomic E-state index is 12.4. The fourth-order valence-electron chi connectivity index (χ4n) is 2.81. The molecule has 3 aromatic rings. The van der Waals surface area contributed by atoms with Crippen molar-refractivity contribution < 1.29 is 18.2 Å². The monoisotopic (exact) mass is 412 g/mol. The first kappa shape index (κ1) is 20.8. The first-order valence-electron chi connectivity index (χ1n) is 9.22. The van der Waals surface area contributed by atoms with Crippen LogP contribution in [0.4, 0.5) is 0 Å². The van der Waals surface area contributed by atoms with Gasteiger partial charge < -0.3 is 14.5 Å². The standard InChI is InChI=1S/C22H24N2O4S/c1-15-5-4-6-18(11-15)22-24-20(16(2)28-22)13-29(26)14-21(25)23-12-17-7-9-19(27-3)10-8-17/h4-11H,12-14H2,1-3H3,(H,23,25). The number of nitrogens with one attached hydrogen (secondary N) is 1. The molecule has 0 spiro atoms. The lowest BCUT2D eigenvalue weighted by Gasteiger charge is -2.06. The van der Waals surface area contributed by atoms with Crippen molar-refractivity contribution in [3.8, 4) is 17.2 Å². The van der Waals surface area contributed by atoms with Gasteiger partial charge in [0, 0.05) is 22.9 Å². The topological polar surface area (TPSA) is 81.4 Å². The van der Waals surface area contributed by atoms with E-state index in [1.54, 1.807) is 14.0 Å². The molecule has 1 heterocycles. The Labute approximate surface area is 172 Å².